The molecule has 0 spiro atoms. The highest BCUT2D eigenvalue weighted by atomic mass is 15.3. The van der Waals surface area contributed by atoms with Crippen molar-refractivity contribution in [2.24, 2.45) is 0 Å². The van der Waals surface area contributed by atoms with Crippen LogP contribution < -0.4 is 31.1 Å². The Balaban J connectivity index is 1.34. The Kier molecular flexibility index (Phi) is 6.75. The van der Waals surface area contributed by atoms with Crippen molar-refractivity contribution in [1.29, 1.82) is 0 Å². The maximum Gasteiger partial charge on any atom is 0.252 e. The number of rotatable bonds is 4. The zero-order chi connectivity index (χ0) is 35.5. The molecule has 0 bridgehead atoms. The van der Waals surface area contributed by atoms with Gasteiger partial charge in [0.05, 0.1) is 11.2 Å². The first kappa shape index (κ1) is 31.5. The van der Waals surface area contributed by atoms with Crippen LogP contribution >= 0.6 is 0 Å². The summed E-state index contributed by atoms with van der Waals surface area (Å²) in [6.07, 6.45) is 4.93. The largest absolute Gasteiger partial charge is 0.335 e. The van der Waals surface area contributed by atoms with Crippen molar-refractivity contribution in [3.05, 3.63) is 149 Å². The molecule has 256 valence electrons. The molecule has 3 nitrogen and oxygen atoms in total. The summed E-state index contributed by atoms with van der Waals surface area (Å²) in [6.45, 7) is 14.1. The standard InChI is InChI=1S/C48H46BN3/c1-31-12-19-35(20-13-31)50(36-21-14-32(2)15-22-36)38-29-43-45-44(30-38)52-46-39(47(5)26-7-8-27-48(47,52)6)10-9-11-40(46)49(45)41-28-34(4)18-25-42(41)51(43)37-23-16-33(3)17-24-37/h9-25,28-30H,7-8,26-27H2,1-6H3. The highest BCUT2D eigenvalue weighted by molar-refractivity contribution is 7.00. The lowest BCUT2D eigenvalue weighted by atomic mass is 9.33. The summed E-state index contributed by atoms with van der Waals surface area (Å²) in [4.78, 5) is 7.87. The summed E-state index contributed by atoms with van der Waals surface area (Å²) in [5, 5.41) is 0. The summed E-state index contributed by atoms with van der Waals surface area (Å²) < 4.78 is 0. The van der Waals surface area contributed by atoms with E-state index in [9.17, 15) is 0 Å². The number of para-hydroxylation sites is 1. The summed E-state index contributed by atoms with van der Waals surface area (Å²) >= 11 is 0. The summed E-state index contributed by atoms with van der Waals surface area (Å²) in [5.74, 6) is 0. The molecule has 52 heavy (non-hydrogen) atoms. The minimum Gasteiger partial charge on any atom is -0.335 e. The normalized spacial score (nSPS) is 20.6. The summed E-state index contributed by atoms with van der Waals surface area (Å²) in [5.41, 5.74) is 21.0. The van der Waals surface area contributed by atoms with Crippen molar-refractivity contribution in [1.82, 2.24) is 0 Å². The van der Waals surface area contributed by atoms with E-state index in [4.69, 9.17) is 0 Å². The highest BCUT2D eigenvalue weighted by Crippen LogP contribution is 2.62. The molecule has 10 rings (SSSR count). The monoisotopic (exact) mass is 675 g/mol. The SMILES string of the molecule is Cc1ccc(N(c2ccc(C)cc2)c2cc3c4c(c2)N2c5c(cccc5C5(C)CCCCC25C)B4c2cc(C)ccc2N3c2ccc(C)cc2)cc1. The van der Waals surface area contributed by atoms with E-state index in [1.807, 2.05) is 0 Å². The van der Waals surface area contributed by atoms with Crippen LogP contribution in [0, 0.1) is 27.7 Å². The van der Waals surface area contributed by atoms with Gasteiger partial charge in [0, 0.05) is 45.2 Å². The van der Waals surface area contributed by atoms with E-state index in [1.165, 1.54) is 115 Å². The lowest BCUT2D eigenvalue weighted by Crippen LogP contribution is -2.64. The van der Waals surface area contributed by atoms with Crippen molar-refractivity contribution >= 4 is 68.6 Å². The Labute approximate surface area is 309 Å². The Hall–Kier alpha value is -5.22. The minimum atomic E-state index is -0.0405. The minimum absolute atomic E-state index is 0.0405. The molecule has 4 heteroatoms. The quantitative estimate of drug-likeness (QED) is 0.172. The lowest BCUT2D eigenvalue weighted by molar-refractivity contribution is 0.195. The molecular formula is C48H46BN3. The number of anilines is 8. The third-order valence-corrected chi connectivity index (χ3v) is 13.2. The van der Waals surface area contributed by atoms with Crippen molar-refractivity contribution in [3.8, 4) is 0 Å². The Morgan fingerprint density at radius 2 is 1.15 bits per heavy atom. The van der Waals surface area contributed by atoms with E-state index in [2.05, 4.69) is 178 Å². The van der Waals surface area contributed by atoms with Crippen LogP contribution in [0.2, 0.25) is 0 Å². The van der Waals surface area contributed by atoms with Gasteiger partial charge in [-0.2, -0.15) is 0 Å². The first-order valence-corrected chi connectivity index (χ1v) is 19.2. The first-order chi connectivity index (χ1) is 25.2. The zero-order valence-electron chi connectivity index (χ0n) is 31.3. The van der Waals surface area contributed by atoms with Gasteiger partial charge in [0.1, 0.15) is 0 Å². The zero-order valence-corrected chi connectivity index (χ0v) is 31.3. The van der Waals surface area contributed by atoms with E-state index < -0.39 is 0 Å². The van der Waals surface area contributed by atoms with Crippen LogP contribution in [0.25, 0.3) is 0 Å². The molecule has 1 saturated carbocycles. The molecule has 0 amide bonds. The van der Waals surface area contributed by atoms with Gasteiger partial charge in [0.2, 0.25) is 0 Å². The molecule has 6 aromatic rings. The topological polar surface area (TPSA) is 9.72 Å². The Morgan fingerprint density at radius 3 is 1.83 bits per heavy atom. The van der Waals surface area contributed by atoms with E-state index in [0.29, 0.717) is 0 Å². The van der Waals surface area contributed by atoms with Gasteiger partial charge in [0.15, 0.2) is 0 Å². The van der Waals surface area contributed by atoms with Gasteiger partial charge in [-0.25, -0.2) is 0 Å². The molecule has 0 aromatic heterocycles. The molecule has 6 aromatic carbocycles. The second kappa shape index (κ2) is 11.1. The fraction of sp³-hybridized carbons (Fsp3) is 0.250. The number of hydrogen-bond acceptors (Lipinski definition) is 3. The predicted octanol–water partition coefficient (Wildman–Crippen LogP) is 10.7. The Bertz CT molecular complexity index is 2350. The molecule has 0 radical (unpaired) electrons. The average molecular weight is 676 g/mol. The maximum absolute atomic E-state index is 2.84. The van der Waals surface area contributed by atoms with Crippen LogP contribution in [0.4, 0.5) is 45.5 Å². The van der Waals surface area contributed by atoms with Crippen LogP contribution in [0.3, 0.4) is 0 Å². The molecule has 1 fully saturated rings. The van der Waals surface area contributed by atoms with E-state index >= 15 is 0 Å². The fourth-order valence-electron chi connectivity index (χ4n) is 10.3. The molecule has 4 aliphatic rings. The molecule has 3 aliphatic heterocycles. The molecule has 2 unspecified atom stereocenters. The van der Waals surface area contributed by atoms with Gasteiger partial charge >= 0.3 is 0 Å². The molecule has 0 N–H and O–H groups in total. The van der Waals surface area contributed by atoms with E-state index in [-0.39, 0.29) is 17.7 Å². The van der Waals surface area contributed by atoms with E-state index in [0.717, 1.165) is 0 Å². The van der Waals surface area contributed by atoms with Gasteiger partial charge in [0.25, 0.3) is 6.71 Å². The van der Waals surface area contributed by atoms with Crippen LogP contribution in [0.5, 0.6) is 0 Å². The van der Waals surface area contributed by atoms with Gasteiger partial charge in [-0.3, -0.25) is 0 Å². The van der Waals surface area contributed by atoms with Gasteiger partial charge < -0.3 is 14.7 Å². The summed E-state index contributed by atoms with van der Waals surface area (Å²) in [6, 6.07) is 46.6. The number of nitrogens with zero attached hydrogens (tertiary/aromatic N) is 3. The van der Waals surface area contributed by atoms with Crippen LogP contribution in [0.15, 0.2) is 121 Å². The van der Waals surface area contributed by atoms with Gasteiger partial charge in [-0.1, -0.05) is 109 Å². The fourth-order valence-corrected chi connectivity index (χ4v) is 10.3. The molecule has 0 saturated heterocycles. The number of hydrogen-bond donors (Lipinski definition) is 0. The Morgan fingerprint density at radius 1 is 0.558 bits per heavy atom. The van der Waals surface area contributed by atoms with Gasteiger partial charge in [-0.05, 0) is 124 Å². The number of aryl methyl sites for hydroxylation is 4. The second-order valence-corrected chi connectivity index (χ2v) is 16.5. The second-order valence-electron chi connectivity index (χ2n) is 16.5. The molecule has 2 atom stereocenters. The first-order valence-electron chi connectivity index (χ1n) is 19.2. The van der Waals surface area contributed by atoms with E-state index in [1.54, 1.807) is 0 Å². The summed E-state index contributed by atoms with van der Waals surface area (Å²) in [7, 11) is 0. The number of fused-ring (bicyclic) bond motifs is 7. The van der Waals surface area contributed by atoms with Crippen molar-refractivity contribution in [2.45, 2.75) is 78.2 Å². The third-order valence-electron chi connectivity index (χ3n) is 13.2. The lowest BCUT2D eigenvalue weighted by Gasteiger charge is -2.53. The smallest absolute Gasteiger partial charge is 0.252 e. The van der Waals surface area contributed by atoms with Gasteiger partial charge in [-0.15, -0.1) is 0 Å². The maximum atomic E-state index is 2.84. The highest BCUT2D eigenvalue weighted by Gasteiger charge is 2.61. The number of benzene rings is 6. The molecular weight excluding hydrogens is 629 g/mol. The molecule has 1 aliphatic carbocycles. The average Bonchev–Trinajstić information content (AvgIpc) is 3.36. The van der Waals surface area contributed by atoms with Crippen molar-refractivity contribution in [3.63, 3.8) is 0 Å². The van der Waals surface area contributed by atoms with Crippen molar-refractivity contribution < 1.29 is 0 Å². The third kappa shape index (κ3) is 4.27. The predicted molar refractivity (Wildman–Crippen MR) is 222 cm³/mol. The van der Waals surface area contributed by atoms with Crippen molar-refractivity contribution in [2.75, 3.05) is 14.7 Å². The van der Waals surface area contributed by atoms with Crippen LogP contribution in [-0.2, 0) is 5.41 Å². The molecule has 3 heterocycles. The van der Waals surface area contributed by atoms with Crippen LogP contribution in [0.1, 0.15) is 67.3 Å². The van der Waals surface area contributed by atoms with Crippen LogP contribution in [-0.4, -0.2) is 12.3 Å².